The van der Waals surface area contributed by atoms with Crippen LogP contribution in [0.1, 0.15) is 370 Å². The molecule has 0 aromatic carbocycles. The topological polar surface area (TPSA) is 237 Å². The van der Waals surface area contributed by atoms with E-state index in [-0.39, 0.29) is 25.7 Å². The van der Waals surface area contributed by atoms with Crippen LogP contribution in [-0.4, -0.2) is 96.7 Å². The number of phosphoric ester groups is 2. The standard InChI is InChI=1S/C74H144O17P2/c1-9-65(6)51-43-35-27-22-20-18-16-14-12-13-15-17-19-21-23-28-38-46-54-71(76)84-60-70(91-74(79)57-49-41-33-31-37-45-53-67(8)11-3)63-89-93(82,83)87-59-68(75)58-86-92(80,81)88-62-69(61-85-72(77)55-47-39-32-30-36-44-52-66(7)10-2)90-73(78)56-48-40-29-25-24-26-34-42-50-64(4)5/h64-70,75H,9-63H2,1-8H3,(H,80,81)(H,82,83)/t65?,66?,67?,68-,69+,70+/m0/s1. The Morgan fingerprint density at radius 3 is 0.763 bits per heavy atom. The Labute approximate surface area is 568 Å². The number of ether oxygens (including phenoxy) is 4. The Balaban J connectivity index is 5.12. The van der Waals surface area contributed by atoms with Gasteiger partial charge in [0.2, 0.25) is 0 Å². The molecule has 0 saturated heterocycles. The Morgan fingerprint density at radius 1 is 0.301 bits per heavy atom. The van der Waals surface area contributed by atoms with Crippen LogP contribution in [0.5, 0.6) is 0 Å². The van der Waals surface area contributed by atoms with Crippen molar-refractivity contribution < 1.29 is 80.2 Å². The monoisotopic (exact) mass is 1370 g/mol. The molecule has 0 aliphatic carbocycles. The van der Waals surface area contributed by atoms with Gasteiger partial charge in [-0.1, -0.05) is 319 Å². The molecule has 0 amide bonds. The molecule has 0 rings (SSSR count). The molecule has 8 atom stereocenters. The average molecular weight is 1370 g/mol. The van der Waals surface area contributed by atoms with Gasteiger partial charge in [-0.05, 0) is 49.4 Å². The molecule has 0 aliphatic heterocycles. The van der Waals surface area contributed by atoms with Gasteiger partial charge in [0.05, 0.1) is 26.4 Å². The number of hydrogen-bond donors (Lipinski definition) is 3. The summed E-state index contributed by atoms with van der Waals surface area (Å²) in [6.07, 6.45) is 47.5. The van der Waals surface area contributed by atoms with E-state index in [1.807, 2.05) is 0 Å². The second-order valence-electron chi connectivity index (χ2n) is 27.9. The van der Waals surface area contributed by atoms with Crippen LogP contribution in [0.15, 0.2) is 0 Å². The summed E-state index contributed by atoms with van der Waals surface area (Å²) in [6.45, 7) is 14.1. The zero-order chi connectivity index (χ0) is 68.9. The number of phosphoric acid groups is 2. The largest absolute Gasteiger partial charge is 0.472 e. The van der Waals surface area contributed by atoms with Crippen LogP contribution in [0.2, 0.25) is 0 Å². The predicted molar refractivity (Wildman–Crippen MR) is 377 cm³/mol. The van der Waals surface area contributed by atoms with Crippen molar-refractivity contribution in [2.24, 2.45) is 23.7 Å². The molecule has 0 bridgehead atoms. The van der Waals surface area contributed by atoms with Crippen molar-refractivity contribution in [3.05, 3.63) is 0 Å². The van der Waals surface area contributed by atoms with Gasteiger partial charge in [-0.3, -0.25) is 37.3 Å². The fourth-order valence-corrected chi connectivity index (χ4v) is 12.7. The quantitative estimate of drug-likeness (QED) is 0.0222. The van der Waals surface area contributed by atoms with Crippen molar-refractivity contribution in [1.29, 1.82) is 0 Å². The number of carbonyl (C=O) groups excluding carboxylic acids is 4. The number of hydrogen-bond acceptors (Lipinski definition) is 15. The van der Waals surface area contributed by atoms with Gasteiger partial charge in [-0.2, -0.15) is 0 Å². The number of rotatable bonds is 71. The number of aliphatic hydroxyl groups excluding tert-OH is 1. The summed E-state index contributed by atoms with van der Waals surface area (Å²) < 4.78 is 68.3. The molecule has 0 aromatic heterocycles. The lowest BCUT2D eigenvalue weighted by atomic mass is 9.99. The first-order chi connectivity index (χ1) is 44.7. The van der Waals surface area contributed by atoms with Crippen molar-refractivity contribution in [2.45, 2.75) is 388 Å². The van der Waals surface area contributed by atoms with Gasteiger partial charge in [-0.25, -0.2) is 9.13 Å². The van der Waals surface area contributed by atoms with Gasteiger partial charge in [-0.15, -0.1) is 0 Å². The number of aliphatic hydroxyl groups is 1. The first-order valence-corrected chi connectivity index (χ1v) is 41.3. The molecule has 0 aromatic rings. The lowest BCUT2D eigenvalue weighted by molar-refractivity contribution is -0.161. The second kappa shape index (κ2) is 63.5. The fraction of sp³-hybridized carbons (Fsp3) is 0.946. The summed E-state index contributed by atoms with van der Waals surface area (Å²) in [7, 11) is -9.91. The summed E-state index contributed by atoms with van der Waals surface area (Å²) in [5.41, 5.74) is 0. The summed E-state index contributed by atoms with van der Waals surface area (Å²) >= 11 is 0. The maximum absolute atomic E-state index is 13.0. The SMILES string of the molecule is CCC(C)CCCCCCCCCCCCCCCCCCCCC(=O)OC[C@H](COP(=O)(O)OC[C@@H](O)COP(=O)(O)OC[C@@H](COC(=O)CCCCCCCCC(C)CC)OC(=O)CCCCCCCCCCC(C)C)OC(=O)CCCCCCCCC(C)CC. The summed E-state index contributed by atoms with van der Waals surface area (Å²) in [6, 6.07) is 0. The average Bonchev–Trinajstić information content (AvgIpc) is 1.95. The molecule has 5 unspecified atom stereocenters. The van der Waals surface area contributed by atoms with Crippen LogP contribution in [0.25, 0.3) is 0 Å². The minimum Gasteiger partial charge on any atom is -0.462 e. The summed E-state index contributed by atoms with van der Waals surface area (Å²) in [4.78, 5) is 72.6. The lowest BCUT2D eigenvalue weighted by Crippen LogP contribution is -2.30. The molecule has 93 heavy (non-hydrogen) atoms. The predicted octanol–water partition coefficient (Wildman–Crippen LogP) is 21.3. The highest BCUT2D eigenvalue weighted by Gasteiger charge is 2.30. The van der Waals surface area contributed by atoms with Crippen LogP contribution < -0.4 is 0 Å². The summed E-state index contributed by atoms with van der Waals surface area (Å²) in [5, 5.41) is 10.6. The molecule has 0 spiro atoms. The van der Waals surface area contributed by atoms with Crippen molar-refractivity contribution in [3.63, 3.8) is 0 Å². The third-order valence-electron chi connectivity index (χ3n) is 18.2. The number of esters is 4. The maximum atomic E-state index is 13.0. The van der Waals surface area contributed by atoms with Gasteiger partial charge in [0.25, 0.3) is 0 Å². The molecule has 0 heterocycles. The van der Waals surface area contributed by atoms with E-state index in [0.29, 0.717) is 25.7 Å². The molecule has 552 valence electrons. The van der Waals surface area contributed by atoms with E-state index >= 15 is 0 Å². The molecule has 19 heteroatoms. The van der Waals surface area contributed by atoms with E-state index in [1.54, 1.807) is 0 Å². The van der Waals surface area contributed by atoms with E-state index < -0.39 is 97.5 Å². The van der Waals surface area contributed by atoms with Crippen molar-refractivity contribution >= 4 is 39.5 Å². The highest BCUT2D eigenvalue weighted by molar-refractivity contribution is 7.47. The molecule has 0 saturated carbocycles. The van der Waals surface area contributed by atoms with E-state index in [9.17, 15) is 43.2 Å². The van der Waals surface area contributed by atoms with Crippen LogP contribution in [0.4, 0.5) is 0 Å². The fourth-order valence-electron chi connectivity index (χ4n) is 11.1. The minimum absolute atomic E-state index is 0.103. The molecular formula is C74H144O17P2. The molecule has 0 aliphatic rings. The van der Waals surface area contributed by atoms with Crippen molar-refractivity contribution in [3.8, 4) is 0 Å². The van der Waals surface area contributed by atoms with Crippen LogP contribution in [-0.2, 0) is 65.4 Å². The minimum atomic E-state index is -4.95. The lowest BCUT2D eigenvalue weighted by Gasteiger charge is -2.21. The van der Waals surface area contributed by atoms with Gasteiger partial charge in [0, 0.05) is 25.7 Å². The smallest absolute Gasteiger partial charge is 0.462 e. The maximum Gasteiger partial charge on any atom is 0.472 e. The van der Waals surface area contributed by atoms with E-state index in [0.717, 1.165) is 120 Å². The van der Waals surface area contributed by atoms with Crippen molar-refractivity contribution in [1.82, 2.24) is 0 Å². The van der Waals surface area contributed by atoms with Crippen molar-refractivity contribution in [2.75, 3.05) is 39.6 Å². The highest BCUT2D eigenvalue weighted by atomic mass is 31.2. The number of unbranched alkanes of at least 4 members (excludes halogenated alkanes) is 34. The first-order valence-electron chi connectivity index (χ1n) is 38.3. The van der Waals surface area contributed by atoms with Crippen LogP contribution in [0.3, 0.4) is 0 Å². The zero-order valence-electron chi connectivity index (χ0n) is 60.9. The Bertz CT molecular complexity index is 1840. The Morgan fingerprint density at radius 2 is 0.516 bits per heavy atom. The molecule has 0 radical (unpaired) electrons. The molecule has 17 nitrogen and oxygen atoms in total. The van der Waals surface area contributed by atoms with Crippen LogP contribution in [0, 0.1) is 23.7 Å². The van der Waals surface area contributed by atoms with E-state index in [1.165, 1.54) is 167 Å². The van der Waals surface area contributed by atoms with Gasteiger partial charge in [0.15, 0.2) is 12.2 Å². The normalized spacial score (nSPS) is 15.1. The van der Waals surface area contributed by atoms with E-state index in [2.05, 4.69) is 55.4 Å². The highest BCUT2D eigenvalue weighted by Crippen LogP contribution is 2.45. The third-order valence-corrected chi connectivity index (χ3v) is 20.1. The Kier molecular flexibility index (Phi) is 62.2. The molecule has 0 fully saturated rings. The summed E-state index contributed by atoms with van der Waals surface area (Å²) in [5.74, 6) is 0.912. The van der Waals surface area contributed by atoms with E-state index in [4.69, 9.17) is 37.0 Å². The zero-order valence-corrected chi connectivity index (χ0v) is 62.7. The second-order valence-corrected chi connectivity index (χ2v) is 30.8. The van der Waals surface area contributed by atoms with Gasteiger partial charge in [0.1, 0.15) is 19.3 Å². The van der Waals surface area contributed by atoms with Gasteiger partial charge < -0.3 is 33.8 Å². The Hall–Kier alpha value is -1.94. The molecular weight excluding hydrogens is 1220 g/mol. The first kappa shape index (κ1) is 91.1. The third kappa shape index (κ3) is 64.5. The molecule has 3 N–H and O–H groups in total. The number of carbonyl (C=O) groups is 4. The van der Waals surface area contributed by atoms with Crippen LogP contribution >= 0.6 is 15.6 Å². The van der Waals surface area contributed by atoms with Gasteiger partial charge >= 0.3 is 39.5 Å².